The highest BCUT2D eigenvalue weighted by molar-refractivity contribution is 8.13. The van der Waals surface area contributed by atoms with Crippen LogP contribution in [0.1, 0.15) is 0 Å². The van der Waals surface area contributed by atoms with Gasteiger partial charge in [-0.2, -0.15) is 4.99 Å². The number of carbonyl (C=O) groups is 2. The number of methoxy groups -OCH3 is 1. The van der Waals surface area contributed by atoms with Crippen LogP contribution in [0.3, 0.4) is 0 Å². The third-order valence-electron chi connectivity index (χ3n) is 1.96. The molecule has 0 fully saturated rings. The number of rotatable bonds is 1. The number of amides is 3. The molecule has 20 heavy (non-hydrogen) atoms. The van der Waals surface area contributed by atoms with Crippen molar-refractivity contribution in [2.24, 2.45) is 4.99 Å². The Hall–Kier alpha value is -1.44. The van der Waals surface area contributed by atoms with E-state index in [0.29, 0.717) is 15.7 Å². The molecular formula is C11H11Cl2N3O3S. The Morgan fingerprint density at radius 2 is 2.05 bits per heavy atom. The van der Waals surface area contributed by atoms with Crippen LogP contribution in [0, 0.1) is 0 Å². The van der Waals surface area contributed by atoms with Gasteiger partial charge in [-0.3, -0.25) is 5.32 Å². The van der Waals surface area contributed by atoms with Crippen molar-refractivity contribution in [2.45, 2.75) is 0 Å². The standard InChI is InChI=1S/C11H11Cl2N3O3S/c1-19-11(18)16-10(20-2)15-9(17)14-8-4-3-6(12)5-7(8)13/h3-5H,1-2H3,(H2,14,15,16,17,18). The molecule has 0 saturated heterocycles. The van der Waals surface area contributed by atoms with Gasteiger partial charge in [-0.05, 0) is 24.5 Å². The quantitative estimate of drug-likeness (QED) is 0.607. The highest BCUT2D eigenvalue weighted by atomic mass is 35.5. The molecule has 2 N–H and O–H groups in total. The molecule has 1 aromatic rings. The van der Waals surface area contributed by atoms with Gasteiger partial charge in [0.15, 0.2) is 5.17 Å². The van der Waals surface area contributed by atoms with Crippen molar-refractivity contribution in [3.8, 4) is 0 Å². The average Bonchev–Trinajstić information content (AvgIpc) is 2.41. The first-order valence-electron chi connectivity index (χ1n) is 5.20. The van der Waals surface area contributed by atoms with Crippen LogP contribution < -0.4 is 10.6 Å². The number of urea groups is 1. The van der Waals surface area contributed by atoms with Crippen LogP contribution in [-0.4, -0.2) is 30.7 Å². The summed E-state index contributed by atoms with van der Waals surface area (Å²) in [5.74, 6) is 0. The van der Waals surface area contributed by atoms with E-state index in [4.69, 9.17) is 23.2 Å². The fourth-order valence-electron chi connectivity index (χ4n) is 1.09. The Labute approximate surface area is 129 Å². The minimum Gasteiger partial charge on any atom is -0.451 e. The lowest BCUT2D eigenvalue weighted by molar-refractivity contribution is 0.182. The first-order valence-corrected chi connectivity index (χ1v) is 7.18. The van der Waals surface area contributed by atoms with Crippen molar-refractivity contribution in [1.29, 1.82) is 0 Å². The number of anilines is 1. The molecule has 0 saturated carbocycles. The number of aliphatic imine (C=N–C) groups is 1. The lowest BCUT2D eigenvalue weighted by Crippen LogP contribution is -2.33. The first-order chi connectivity index (χ1) is 9.46. The predicted octanol–water partition coefficient (Wildman–Crippen LogP) is 3.60. The lowest BCUT2D eigenvalue weighted by atomic mass is 10.3. The molecule has 0 aliphatic rings. The molecule has 0 aromatic heterocycles. The highest BCUT2D eigenvalue weighted by Crippen LogP contribution is 2.25. The number of nitrogens with zero attached hydrogens (tertiary/aromatic N) is 1. The molecule has 0 spiro atoms. The second kappa shape index (κ2) is 7.98. The Kier molecular flexibility index (Phi) is 6.63. The van der Waals surface area contributed by atoms with E-state index in [-0.39, 0.29) is 5.17 Å². The summed E-state index contributed by atoms with van der Waals surface area (Å²) in [6, 6.07) is 4.05. The Balaban J connectivity index is 2.71. The number of halogens is 2. The smallest absolute Gasteiger partial charge is 0.435 e. The molecule has 0 atom stereocenters. The number of carbonyl (C=O) groups excluding carboxylic acids is 2. The third-order valence-corrected chi connectivity index (χ3v) is 3.09. The Bertz CT molecular complexity index is 552. The summed E-state index contributed by atoms with van der Waals surface area (Å²) < 4.78 is 4.37. The summed E-state index contributed by atoms with van der Waals surface area (Å²) in [6.07, 6.45) is 0.844. The number of ether oxygens (including phenoxy) is 1. The van der Waals surface area contributed by atoms with Gasteiger partial charge >= 0.3 is 12.1 Å². The Morgan fingerprint density at radius 1 is 1.35 bits per heavy atom. The number of benzene rings is 1. The first kappa shape index (κ1) is 16.6. The van der Waals surface area contributed by atoms with Crippen molar-refractivity contribution < 1.29 is 14.3 Å². The number of nitrogens with one attached hydrogen (secondary N) is 2. The van der Waals surface area contributed by atoms with Gasteiger partial charge in [-0.1, -0.05) is 35.0 Å². The second-order valence-corrected chi connectivity index (χ2v) is 4.93. The van der Waals surface area contributed by atoms with Crippen LogP contribution in [-0.2, 0) is 4.74 Å². The van der Waals surface area contributed by atoms with Gasteiger partial charge in [0, 0.05) is 5.02 Å². The molecule has 0 bridgehead atoms. The van der Waals surface area contributed by atoms with E-state index in [1.54, 1.807) is 18.4 Å². The minimum atomic E-state index is -0.806. The van der Waals surface area contributed by atoms with Crippen LogP contribution in [0.2, 0.25) is 10.0 Å². The lowest BCUT2D eigenvalue weighted by Gasteiger charge is -2.09. The molecule has 0 heterocycles. The third kappa shape index (κ3) is 5.28. The number of hydrogen-bond donors (Lipinski definition) is 2. The van der Waals surface area contributed by atoms with E-state index in [9.17, 15) is 9.59 Å². The van der Waals surface area contributed by atoms with Gasteiger partial charge in [-0.25, -0.2) is 9.59 Å². The van der Waals surface area contributed by atoms with Crippen molar-refractivity contribution in [1.82, 2.24) is 5.32 Å². The van der Waals surface area contributed by atoms with E-state index in [0.717, 1.165) is 11.8 Å². The number of hydrogen-bond acceptors (Lipinski definition) is 4. The summed E-state index contributed by atoms with van der Waals surface area (Å²) >= 11 is 12.7. The molecule has 0 unspecified atom stereocenters. The zero-order chi connectivity index (χ0) is 15.1. The maximum atomic E-state index is 11.7. The molecule has 0 radical (unpaired) electrons. The van der Waals surface area contributed by atoms with E-state index in [1.165, 1.54) is 13.2 Å². The molecule has 0 aliphatic heterocycles. The molecule has 3 amide bonds. The largest absolute Gasteiger partial charge is 0.451 e. The SMILES string of the molecule is COC(=O)/N=C(/NC(=O)Nc1ccc(Cl)cc1Cl)SC. The van der Waals surface area contributed by atoms with Crippen molar-refractivity contribution in [3.63, 3.8) is 0 Å². The molecular weight excluding hydrogens is 325 g/mol. The maximum Gasteiger partial charge on any atom is 0.435 e. The monoisotopic (exact) mass is 335 g/mol. The summed E-state index contributed by atoms with van der Waals surface area (Å²) in [5.41, 5.74) is 0.382. The van der Waals surface area contributed by atoms with E-state index < -0.39 is 12.1 Å². The van der Waals surface area contributed by atoms with E-state index >= 15 is 0 Å². The summed E-state index contributed by atoms with van der Waals surface area (Å²) in [4.78, 5) is 26.2. The summed E-state index contributed by atoms with van der Waals surface area (Å²) in [6.45, 7) is 0. The van der Waals surface area contributed by atoms with Crippen molar-refractivity contribution in [2.75, 3.05) is 18.7 Å². The van der Waals surface area contributed by atoms with Crippen LogP contribution in [0.15, 0.2) is 23.2 Å². The van der Waals surface area contributed by atoms with Gasteiger partial charge in [0.2, 0.25) is 0 Å². The number of thioether (sulfide) groups is 1. The average molecular weight is 336 g/mol. The molecule has 0 aliphatic carbocycles. The Morgan fingerprint density at radius 3 is 2.60 bits per heavy atom. The van der Waals surface area contributed by atoms with Crippen LogP contribution in [0.4, 0.5) is 15.3 Å². The van der Waals surface area contributed by atoms with Gasteiger partial charge in [-0.15, -0.1) is 0 Å². The van der Waals surface area contributed by atoms with Crippen LogP contribution >= 0.6 is 35.0 Å². The topological polar surface area (TPSA) is 79.8 Å². The van der Waals surface area contributed by atoms with E-state index in [2.05, 4.69) is 20.4 Å². The van der Waals surface area contributed by atoms with Gasteiger partial charge < -0.3 is 10.1 Å². The van der Waals surface area contributed by atoms with Crippen molar-refractivity contribution in [3.05, 3.63) is 28.2 Å². The van der Waals surface area contributed by atoms with Crippen molar-refractivity contribution >= 4 is 57.9 Å². The second-order valence-electron chi connectivity index (χ2n) is 3.29. The normalized spacial score (nSPS) is 10.9. The zero-order valence-corrected chi connectivity index (χ0v) is 12.9. The molecule has 6 nitrogen and oxygen atoms in total. The van der Waals surface area contributed by atoms with Gasteiger partial charge in [0.05, 0.1) is 17.8 Å². The zero-order valence-electron chi connectivity index (χ0n) is 10.6. The van der Waals surface area contributed by atoms with Crippen LogP contribution in [0.5, 0.6) is 0 Å². The minimum absolute atomic E-state index is 0.0967. The summed E-state index contributed by atoms with van der Waals surface area (Å²) in [7, 11) is 1.19. The highest BCUT2D eigenvalue weighted by Gasteiger charge is 2.10. The molecule has 9 heteroatoms. The summed E-state index contributed by atoms with van der Waals surface area (Å²) in [5, 5.41) is 5.75. The maximum absolute atomic E-state index is 11.7. The number of amidine groups is 1. The fraction of sp³-hybridized carbons (Fsp3) is 0.182. The molecule has 108 valence electrons. The van der Waals surface area contributed by atoms with Gasteiger partial charge in [0.25, 0.3) is 0 Å². The molecule has 1 aromatic carbocycles. The van der Waals surface area contributed by atoms with Gasteiger partial charge in [0.1, 0.15) is 0 Å². The predicted molar refractivity (Wildman–Crippen MR) is 82.0 cm³/mol. The fourth-order valence-corrected chi connectivity index (χ4v) is 1.91. The van der Waals surface area contributed by atoms with E-state index in [1.807, 2.05) is 0 Å². The van der Waals surface area contributed by atoms with Crippen LogP contribution in [0.25, 0.3) is 0 Å². The molecule has 1 rings (SSSR count).